The zero-order chi connectivity index (χ0) is 19.4. The van der Waals surface area contributed by atoms with Gasteiger partial charge in [0.2, 0.25) is 5.91 Å². The Hall–Kier alpha value is -3.35. The number of nitrogens with one attached hydrogen (secondary N) is 1. The molecule has 0 saturated carbocycles. The average Bonchev–Trinajstić information content (AvgIpc) is 2.67. The van der Waals surface area contributed by atoms with Crippen LogP contribution >= 0.6 is 0 Å². The van der Waals surface area contributed by atoms with Crippen LogP contribution in [0.3, 0.4) is 0 Å². The molecule has 7 nitrogen and oxygen atoms in total. The summed E-state index contributed by atoms with van der Waals surface area (Å²) in [6.07, 6.45) is 0.151. The summed E-state index contributed by atoms with van der Waals surface area (Å²) in [6.45, 7) is 0.238. The van der Waals surface area contributed by atoms with Crippen LogP contribution in [0.5, 0.6) is 5.75 Å². The lowest BCUT2D eigenvalue weighted by atomic mass is 10.2. The molecule has 0 aliphatic carbocycles. The Kier molecular flexibility index (Phi) is 5.40. The highest BCUT2D eigenvalue weighted by Crippen LogP contribution is 2.31. The highest BCUT2D eigenvalue weighted by Gasteiger charge is 2.25. The highest BCUT2D eigenvalue weighted by molar-refractivity contribution is 5.99. The first kappa shape index (κ1) is 18.4. The van der Waals surface area contributed by atoms with E-state index in [1.807, 2.05) is 12.1 Å². The summed E-state index contributed by atoms with van der Waals surface area (Å²) in [4.78, 5) is 39.3. The van der Waals surface area contributed by atoms with Crippen molar-refractivity contribution < 1.29 is 19.1 Å². The van der Waals surface area contributed by atoms with Gasteiger partial charge in [0, 0.05) is 38.3 Å². The predicted molar refractivity (Wildman–Crippen MR) is 102 cm³/mol. The summed E-state index contributed by atoms with van der Waals surface area (Å²) in [5, 5.41) is 2.78. The molecule has 0 spiro atoms. The molecule has 140 valence electrons. The van der Waals surface area contributed by atoms with Gasteiger partial charge >= 0.3 is 0 Å². The van der Waals surface area contributed by atoms with E-state index in [-0.39, 0.29) is 37.3 Å². The third-order valence-corrected chi connectivity index (χ3v) is 4.19. The van der Waals surface area contributed by atoms with Crippen LogP contribution in [0.4, 0.5) is 11.4 Å². The zero-order valence-corrected chi connectivity index (χ0v) is 15.3. The predicted octanol–water partition coefficient (Wildman–Crippen LogP) is 2.14. The van der Waals surface area contributed by atoms with Crippen LogP contribution in [0.2, 0.25) is 0 Å². The quantitative estimate of drug-likeness (QED) is 0.878. The molecule has 1 N–H and O–H groups in total. The van der Waals surface area contributed by atoms with Gasteiger partial charge in [-0.2, -0.15) is 0 Å². The molecule has 0 radical (unpaired) electrons. The van der Waals surface area contributed by atoms with Gasteiger partial charge in [0.15, 0.2) is 6.61 Å². The van der Waals surface area contributed by atoms with Crippen LogP contribution in [-0.2, 0) is 9.59 Å². The number of para-hydroxylation sites is 2. The van der Waals surface area contributed by atoms with Crippen molar-refractivity contribution in [3.63, 3.8) is 0 Å². The molecule has 0 saturated heterocycles. The molecule has 3 amide bonds. The zero-order valence-electron chi connectivity index (χ0n) is 15.3. The number of rotatable bonds is 5. The van der Waals surface area contributed by atoms with Crippen LogP contribution in [-0.4, -0.2) is 49.9 Å². The normalized spacial score (nSPS) is 12.8. The first-order valence-corrected chi connectivity index (χ1v) is 8.59. The van der Waals surface area contributed by atoms with Crippen molar-refractivity contribution in [3.05, 3.63) is 54.1 Å². The molecule has 0 aromatic heterocycles. The molecule has 3 rings (SSSR count). The van der Waals surface area contributed by atoms with E-state index in [1.165, 1.54) is 4.90 Å². The van der Waals surface area contributed by atoms with E-state index in [0.717, 1.165) is 0 Å². The van der Waals surface area contributed by atoms with Gasteiger partial charge in [0.05, 0.1) is 5.69 Å². The number of carbonyl (C=O) groups excluding carboxylic acids is 3. The Morgan fingerprint density at radius 1 is 1.11 bits per heavy atom. The Labute approximate surface area is 157 Å². The molecule has 0 fully saturated rings. The summed E-state index contributed by atoms with van der Waals surface area (Å²) >= 11 is 0. The number of ether oxygens (including phenoxy) is 1. The number of nitrogens with zero attached hydrogens (tertiary/aromatic N) is 2. The lowest BCUT2D eigenvalue weighted by Crippen LogP contribution is -2.40. The van der Waals surface area contributed by atoms with E-state index in [0.29, 0.717) is 22.7 Å². The molecular weight excluding hydrogens is 346 g/mol. The molecule has 2 aromatic rings. The van der Waals surface area contributed by atoms with Gasteiger partial charge in [-0.15, -0.1) is 0 Å². The smallest absolute Gasteiger partial charge is 0.265 e. The maximum Gasteiger partial charge on any atom is 0.265 e. The van der Waals surface area contributed by atoms with Crippen molar-refractivity contribution in [1.82, 2.24) is 4.90 Å². The number of fused-ring (bicyclic) bond motifs is 1. The van der Waals surface area contributed by atoms with E-state index >= 15 is 0 Å². The van der Waals surface area contributed by atoms with Crippen molar-refractivity contribution in [3.8, 4) is 5.75 Å². The van der Waals surface area contributed by atoms with Crippen molar-refractivity contribution in [2.45, 2.75) is 6.42 Å². The lowest BCUT2D eigenvalue weighted by Gasteiger charge is -2.29. The van der Waals surface area contributed by atoms with Gasteiger partial charge in [-0.1, -0.05) is 12.1 Å². The highest BCUT2D eigenvalue weighted by atomic mass is 16.5. The Bertz CT molecular complexity index is 862. The number of benzene rings is 2. The third kappa shape index (κ3) is 4.25. The first-order valence-electron chi connectivity index (χ1n) is 8.59. The van der Waals surface area contributed by atoms with Crippen molar-refractivity contribution in [1.29, 1.82) is 0 Å². The van der Waals surface area contributed by atoms with Crippen LogP contribution < -0.4 is 15.0 Å². The fourth-order valence-corrected chi connectivity index (χ4v) is 2.79. The summed E-state index contributed by atoms with van der Waals surface area (Å²) in [5.41, 5.74) is 1.82. The number of hydrogen-bond donors (Lipinski definition) is 1. The van der Waals surface area contributed by atoms with Gasteiger partial charge in [0.1, 0.15) is 5.75 Å². The second kappa shape index (κ2) is 7.90. The Morgan fingerprint density at radius 2 is 1.81 bits per heavy atom. The number of hydrogen-bond acceptors (Lipinski definition) is 4. The Balaban J connectivity index is 1.59. The maximum atomic E-state index is 12.2. The van der Waals surface area contributed by atoms with E-state index in [9.17, 15) is 14.4 Å². The van der Waals surface area contributed by atoms with Gasteiger partial charge in [0.25, 0.3) is 11.8 Å². The van der Waals surface area contributed by atoms with Crippen molar-refractivity contribution >= 4 is 29.1 Å². The fourth-order valence-electron chi connectivity index (χ4n) is 2.79. The van der Waals surface area contributed by atoms with Crippen LogP contribution in [0, 0.1) is 0 Å². The molecule has 7 heteroatoms. The average molecular weight is 367 g/mol. The van der Waals surface area contributed by atoms with E-state index < -0.39 is 0 Å². The van der Waals surface area contributed by atoms with Crippen LogP contribution in [0.15, 0.2) is 48.5 Å². The monoisotopic (exact) mass is 367 g/mol. The summed E-state index contributed by atoms with van der Waals surface area (Å²) < 4.78 is 5.39. The molecule has 2 aromatic carbocycles. The molecule has 1 heterocycles. The molecule has 0 atom stereocenters. The van der Waals surface area contributed by atoms with Gasteiger partial charge in [-0.05, 0) is 36.4 Å². The summed E-state index contributed by atoms with van der Waals surface area (Å²) in [7, 11) is 3.37. The second-order valence-electron chi connectivity index (χ2n) is 6.38. The molecule has 0 unspecified atom stereocenters. The van der Waals surface area contributed by atoms with Crippen LogP contribution in [0.1, 0.15) is 16.8 Å². The lowest BCUT2D eigenvalue weighted by molar-refractivity contribution is -0.121. The van der Waals surface area contributed by atoms with E-state index in [2.05, 4.69) is 5.32 Å². The SMILES string of the molecule is CN(C)C(=O)c1ccc(NC(=O)CCN2C(=O)COc3ccccc32)cc1. The number of carbonyl (C=O) groups is 3. The fraction of sp³-hybridized carbons (Fsp3) is 0.250. The molecule has 27 heavy (non-hydrogen) atoms. The van der Waals surface area contributed by atoms with E-state index in [1.54, 1.807) is 55.4 Å². The number of anilines is 2. The number of amides is 3. The Morgan fingerprint density at radius 3 is 2.52 bits per heavy atom. The summed E-state index contributed by atoms with van der Waals surface area (Å²) in [5.74, 6) is 0.155. The molecule has 0 bridgehead atoms. The van der Waals surface area contributed by atoms with Gasteiger partial charge < -0.3 is 19.9 Å². The minimum atomic E-state index is -0.210. The van der Waals surface area contributed by atoms with E-state index in [4.69, 9.17) is 4.74 Å². The van der Waals surface area contributed by atoms with Gasteiger partial charge in [-0.25, -0.2) is 0 Å². The van der Waals surface area contributed by atoms with Crippen molar-refractivity contribution in [2.24, 2.45) is 0 Å². The van der Waals surface area contributed by atoms with Crippen molar-refractivity contribution in [2.75, 3.05) is 37.5 Å². The molecule has 1 aliphatic heterocycles. The maximum absolute atomic E-state index is 12.2. The second-order valence-corrected chi connectivity index (χ2v) is 6.38. The molecule has 1 aliphatic rings. The minimum Gasteiger partial charge on any atom is -0.482 e. The topological polar surface area (TPSA) is 79.0 Å². The largest absolute Gasteiger partial charge is 0.482 e. The minimum absolute atomic E-state index is 0.0278. The summed E-state index contributed by atoms with van der Waals surface area (Å²) in [6, 6.07) is 14.0. The third-order valence-electron chi connectivity index (χ3n) is 4.19. The van der Waals surface area contributed by atoms with Crippen LogP contribution in [0.25, 0.3) is 0 Å². The standard InChI is InChI=1S/C20H21N3O4/c1-22(2)20(26)14-7-9-15(10-8-14)21-18(24)11-12-23-16-5-3-4-6-17(16)27-13-19(23)25/h3-10H,11-13H2,1-2H3,(H,21,24). The first-order chi connectivity index (χ1) is 13.0. The molecular formula is C20H21N3O4. The van der Waals surface area contributed by atoms with Gasteiger partial charge in [-0.3, -0.25) is 14.4 Å².